The number of thiocarbonyl (C=S) groups is 1. The van der Waals surface area contributed by atoms with E-state index in [1.807, 2.05) is 30.3 Å². The molecule has 0 aliphatic heterocycles. The first-order valence-corrected chi connectivity index (χ1v) is 7.36. The number of anilines is 1. The van der Waals surface area contributed by atoms with E-state index >= 15 is 0 Å². The lowest BCUT2D eigenvalue weighted by Gasteiger charge is -2.27. The Balaban J connectivity index is 2.05. The van der Waals surface area contributed by atoms with Gasteiger partial charge in [0.1, 0.15) is 10.8 Å². The van der Waals surface area contributed by atoms with Crippen molar-refractivity contribution in [3.63, 3.8) is 0 Å². The summed E-state index contributed by atoms with van der Waals surface area (Å²) in [5, 5.41) is 4.55. The van der Waals surface area contributed by atoms with Gasteiger partial charge in [0.05, 0.1) is 5.52 Å². The van der Waals surface area contributed by atoms with Crippen LogP contribution in [0.5, 0.6) is 0 Å². The SMILES string of the molecule is CC(C)(Nc1cc(C(N)=S)c2ccccc2n1)C1CC1. The average molecular weight is 285 g/mol. The van der Waals surface area contributed by atoms with Gasteiger partial charge >= 0.3 is 0 Å². The molecule has 1 aliphatic carbocycles. The van der Waals surface area contributed by atoms with Crippen LogP contribution in [-0.4, -0.2) is 15.5 Å². The average Bonchev–Trinajstić information content (AvgIpc) is 3.21. The Morgan fingerprint density at radius 1 is 1.35 bits per heavy atom. The molecule has 0 bridgehead atoms. The standard InChI is InChI=1S/C16H19N3S/c1-16(2,10-7-8-10)19-14-9-12(15(17)20)11-5-3-4-6-13(11)18-14/h3-6,9-10H,7-8H2,1-2H3,(H2,17,20)(H,18,19). The molecule has 3 rings (SSSR count). The zero-order chi connectivity index (χ0) is 14.3. The minimum Gasteiger partial charge on any atom is -0.389 e. The first-order chi connectivity index (χ1) is 9.47. The van der Waals surface area contributed by atoms with E-state index in [1.54, 1.807) is 0 Å². The van der Waals surface area contributed by atoms with Gasteiger partial charge < -0.3 is 11.1 Å². The first-order valence-electron chi connectivity index (χ1n) is 6.95. The molecule has 104 valence electrons. The monoisotopic (exact) mass is 285 g/mol. The fourth-order valence-electron chi connectivity index (χ4n) is 2.68. The fourth-order valence-corrected chi connectivity index (χ4v) is 2.85. The van der Waals surface area contributed by atoms with Crippen molar-refractivity contribution < 1.29 is 0 Å². The van der Waals surface area contributed by atoms with Crippen molar-refractivity contribution in [2.45, 2.75) is 32.2 Å². The topological polar surface area (TPSA) is 50.9 Å². The normalized spacial score (nSPS) is 15.3. The summed E-state index contributed by atoms with van der Waals surface area (Å²) in [6.07, 6.45) is 2.57. The molecule has 1 aromatic carbocycles. The number of pyridine rings is 1. The molecule has 3 nitrogen and oxygen atoms in total. The Bertz CT molecular complexity index is 674. The molecule has 1 aliphatic rings. The summed E-state index contributed by atoms with van der Waals surface area (Å²) >= 11 is 5.18. The van der Waals surface area contributed by atoms with Crippen LogP contribution < -0.4 is 11.1 Å². The third-order valence-electron chi connectivity index (χ3n) is 4.03. The third kappa shape index (κ3) is 2.48. The van der Waals surface area contributed by atoms with Crippen molar-refractivity contribution in [3.8, 4) is 0 Å². The van der Waals surface area contributed by atoms with Crippen molar-refractivity contribution in [3.05, 3.63) is 35.9 Å². The van der Waals surface area contributed by atoms with E-state index in [4.69, 9.17) is 18.0 Å². The second kappa shape index (κ2) is 4.70. The molecule has 0 radical (unpaired) electrons. The van der Waals surface area contributed by atoms with Crippen LogP contribution in [0.15, 0.2) is 30.3 Å². The summed E-state index contributed by atoms with van der Waals surface area (Å²) in [5.41, 5.74) is 7.73. The van der Waals surface area contributed by atoms with E-state index in [9.17, 15) is 0 Å². The summed E-state index contributed by atoms with van der Waals surface area (Å²) in [7, 11) is 0. The first kappa shape index (κ1) is 13.3. The number of aromatic nitrogens is 1. The van der Waals surface area contributed by atoms with Crippen LogP contribution in [-0.2, 0) is 0 Å². The second-order valence-corrected chi connectivity index (χ2v) is 6.50. The van der Waals surface area contributed by atoms with Crippen LogP contribution in [0.25, 0.3) is 10.9 Å². The van der Waals surface area contributed by atoms with E-state index in [0.717, 1.165) is 28.2 Å². The number of hydrogen-bond acceptors (Lipinski definition) is 3. The van der Waals surface area contributed by atoms with Crippen LogP contribution in [0.1, 0.15) is 32.3 Å². The van der Waals surface area contributed by atoms with Crippen molar-refractivity contribution in [2.24, 2.45) is 11.7 Å². The molecule has 3 N–H and O–H groups in total. The molecule has 0 amide bonds. The van der Waals surface area contributed by atoms with Gasteiger partial charge in [-0.1, -0.05) is 30.4 Å². The van der Waals surface area contributed by atoms with Crippen molar-refractivity contribution in [1.29, 1.82) is 0 Å². The zero-order valence-electron chi connectivity index (χ0n) is 11.8. The summed E-state index contributed by atoms with van der Waals surface area (Å²) in [4.78, 5) is 5.10. The molecule has 20 heavy (non-hydrogen) atoms. The van der Waals surface area contributed by atoms with Gasteiger partial charge in [-0.2, -0.15) is 0 Å². The van der Waals surface area contributed by atoms with E-state index < -0.39 is 0 Å². The largest absolute Gasteiger partial charge is 0.389 e. The number of rotatable bonds is 4. The molecule has 0 atom stereocenters. The van der Waals surface area contributed by atoms with Gasteiger partial charge in [-0.3, -0.25) is 0 Å². The molecular formula is C16H19N3S. The van der Waals surface area contributed by atoms with Gasteiger partial charge in [0.25, 0.3) is 0 Å². The molecule has 0 spiro atoms. The number of benzene rings is 1. The molecule has 1 heterocycles. The number of nitrogens with zero attached hydrogens (tertiary/aromatic N) is 1. The molecule has 0 saturated heterocycles. The predicted octanol–water partition coefficient (Wildman–Crippen LogP) is 3.47. The summed E-state index contributed by atoms with van der Waals surface area (Å²) in [5.74, 6) is 1.58. The summed E-state index contributed by atoms with van der Waals surface area (Å²) in [6, 6.07) is 9.93. The molecule has 2 aromatic rings. The van der Waals surface area contributed by atoms with Crippen LogP contribution in [0.2, 0.25) is 0 Å². The molecular weight excluding hydrogens is 266 g/mol. The van der Waals surface area contributed by atoms with Crippen LogP contribution >= 0.6 is 12.2 Å². The number of nitrogens with two attached hydrogens (primary N) is 1. The highest BCUT2D eigenvalue weighted by molar-refractivity contribution is 7.80. The van der Waals surface area contributed by atoms with Gasteiger partial charge in [-0.05, 0) is 44.7 Å². The van der Waals surface area contributed by atoms with Crippen LogP contribution in [0, 0.1) is 5.92 Å². The smallest absolute Gasteiger partial charge is 0.127 e. The van der Waals surface area contributed by atoms with Crippen molar-refractivity contribution in [2.75, 3.05) is 5.32 Å². The van der Waals surface area contributed by atoms with Crippen LogP contribution in [0.3, 0.4) is 0 Å². The molecule has 4 heteroatoms. The third-order valence-corrected chi connectivity index (χ3v) is 4.25. The van der Waals surface area contributed by atoms with Crippen molar-refractivity contribution >= 4 is 33.9 Å². The zero-order valence-corrected chi connectivity index (χ0v) is 12.6. The second-order valence-electron chi connectivity index (χ2n) is 6.06. The lowest BCUT2D eigenvalue weighted by atomic mass is 9.98. The Kier molecular flexibility index (Phi) is 3.13. The van der Waals surface area contributed by atoms with Crippen molar-refractivity contribution in [1.82, 2.24) is 4.98 Å². The highest BCUT2D eigenvalue weighted by atomic mass is 32.1. The van der Waals surface area contributed by atoms with Gasteiger partial charge in [-0.15, -0.1) is 0 Å². The number of para-hydroxylation sites is 1. The Labute approximate surface area is 124 Å². The maximum atomic E-state index is 5.86. The minimum atomic E-state index is 0.0585. The molecule has 0 unspecified atom stereocenters. The number of fused-ring (bicyclic) bond motifs is 1. The number of nitrogens with one attached hydrogen (secondary N) is 1. The fraction of sp³-hybridized carbons (Fsp3) is 0.375. The Morgan fingerprint density at radius 3 is 2.70 bits per heavy atom. The summed E-state index contributed by atoms with van der Waals surface area (Å²) < 4.78 is 0. The van der Waals surface area contributed by atoms with Gasteiger partial charge in [0, 0.05) is 16.5 Å². The summed E-state index contributed by atoms with van der Waals surface area (Å²) in [6.45, 7) is 4.45. The van der Waals surface area contributed by atoms with E-state index in [2.05, 4.69) is 24.1 Å². The maximum Gasteiger partial charge on any atom is 0.127 e. The highest BCUT2D eigenvalue weighted by Crippen LogP contribution is 2.41. The quantitative estimate of drug-likeness (QED) is 0.845. The van der Waals surface area contributed by atoms with Gasteiger partial charge in [0.15, 0.2) is 0 Å². The molecule has 1 fully saturated rings. The van der Waals surface area contributed by atoms with Gasteiger partial charge in [0.2, 0.25) is 0 Å². The lowest BCUT2D eigenvalue weighted by molar-refractivity contribution is 0.493. The highest BCUT2D eigenvalue weighted by Gasteiger charge is 2.37. The number of hydrogen-bond donors (Lipinski definition) is 2. The predicted molar refractivity (Wildman–Crippen MR) is 88.1 cm³/mol. The van der Waals surface area contributed by atoms with Crippen LogP contribution in [0.4, 0.5) is 5.82 Å². The Morgan fingerprint density at radius 2 is 2.05 bits per heavy atom. The van der Waals surface area contributed by atoms with E-state index in [0.29, 0.717) is 4.99 Å². The Hall–Kier alpha value is -1.68. The molecule has 1 aromatic heterocycles. The van der Waals surface area contributed by atoms with E-state index in [1.165, 1.54) is 12.8 Å². The van der Waals surface area contributed by atoms with E-state index in [-0.39, 0.29) is 5.54 Å². The maximum absolute atomic E-state index is 5.86. The molecule has 1 saturated carbocycles. The minimum absolute atomic E-state index is 0.0585. The van der Waals surface area contributed by atoms with Gasteiger partial charge in [-0.25, -0.2) is 4.98 Å². The lowest BCUT2D eigenvalue weighted by Crippen LogP contribution is -2.33.